The number of benzene rings is 1. The number of rotatable bonds is 9. The van der Waals surface area contributed by atoms with Crippen LogP contribution in [0.2, 0.25) is 0 Å². The van der Waals surface area contributed by atoms with Crippen LogP contribution in [0.1, 0.15) is 32.3 Å². The lowest BCUT2D eigenvalue weighted by Gasteiger charge is -2.37. The Morgan fingerprint density at radius 1 is 1.28 bits per heavy atom. The fraction of sp³-hybridized carbons (Fsp3) is 0.650. The van der Waals surface area contributed by atoms with Gasteiger partial charge >= 0.3 is 0 Å². The average Bonchev–Trinajstić information content (AvgIpc) is 2.62. The van der Waals surface area contributed by atoms with Crippen LogP contribution >= 0.6 is 11.8 Å². The zero-order valence-corrected chi connectivity index (χ0v) is 16.5. The summed E-state index contributed by atoms with van der Waals surface area (Å²) in [6, 6.07) is 10.4. The Kier molecular flexibility index (Phi) is 8.27. The Balaban J connectivity index is 1.90. The predicted molar refractivity (Wildman–Crippen MR) is 106 cm³/mol. The molecule has 2 rings (SSSR count). The minimum absolute atomic E-state index is 0.0264. The molecule has 1 amide bonds. The first-order chi connectivity index (χ1) is 12.1. The van der Waals surface area contributed by atoms with Gasteiger partial charge in [-0.2, -0.15) is 0 Å². The minimum atomic E-state index is -0.0264. The first kappa shape index (κ1) is 20.3. The topological polar surface area (TPSA) is 50.4 Å². The summed E-state index contributed by atoms with van der Waals surface area (Å²) >= 11 is 1.73. The van der Waals surface area contributed by atoms with Crippen LogP contribution in [0.3, 0.4) is 0 Å². The summed E-state index contributed by atoms with van der Waals surface area (Å²) in [6.07, 6.45) is 2.09. The SMILES string of the molecule is COCC1(CNC(=O)C(SCc2ccccc2)C(C)C)CCNCC1. The van der Waals surface area contributed by atoms with Gasteiger partial charge in [0.15, 0.2) is 0 Å². The molecular formula is C20H32N2O2S. The molecule has 0 aromatic heterocycles. The van der Waals surface area contributed by atoms with Crippen LogP contribution < -0.4 is 10.6 Å². The van der Waals surface area contributed by atoms with Crippen molar-refractivity contribution in [3.05, 3.63) is 35.9 Å². The first-order valence-electron chi connectivity index (χ1n) is 9.19. The number of hydrogen-bond acceptors (Lipinski definition) is 4. The molecule has 1 aliphatic rings. The lowest BCUT2D eigenvalue weighted by molar-refractivity contribution is -0.122. The highest BCUT2D eigenvalue weighted by Crippen LogP contribution is 2.29. The molecule has 1 aromatic rings. The molecule has 1 heterocycles. The molecule has 0 aliphatic carbocycles. The Morgan fingerprint density at radius 2 is 1.96 bits per heavy atom. The number of carbonyl (C=O) groups is 1. The molecule has 25 heavy (non-hydrogen) atoms. The van der Waals surface area contributed by atoms with Crippen molar-refractivity contribution in [2.75, 3.05) is 33.4 Å². The van der Waals surface area contributed by atoms with E-state index in [1.54, 1.807) is 18.9 Å². The Morgan fingerprint density at radius 3 is 2.56 bits per heavy atom. The zero-order valence-electron chi connectivity index (χ0n) is 15.7. The van der Waals surface area contributed by atoms with Crippen LogP contribution in [-0.2, 0) is 15.3 Å². The van der Waals surface area contributed by atoms with E-state index in [1.807, 2.05) is 18.2 Å². The van der Waals surface area contributed by atoms with Crippen LogP contribution in [0, 0.1) is 11.3 Å². The van der Waals surface area contributed by atoms with Crippen molar-refractivity contribution in [2.45, 2.75) is 37.7 Å². The second-order valence-electron chi connectivity index (χ2n) is 7.36. The summed E-state index contributed by atoms with van der Waals surface area (Å²) in [5, 5.41) is 6.59. The van der Waals surface area contributed by atoms with Crippen molar-refractivity contribution in [1.82, 2.24) is 10.6 Å². The van der Waals surface area contributed by atoms with E-state index >= 15 is 0 Å². The molecule has 1 atom stereocenters. The molecule has 1 unspecified atom stereocenters. The van der Waals surface area contributed by atoms with Gasteiger partial charge in [0, 0.05) is 24.8 Å². The lowest BCUT2D eigenvalue weighted by Crippen LogP contribution is -2.49. The summed E-state index contributed by atoms with van der Waals surface area (Å²) in [5.74, 6) is 1.33. The van der Waals surface area contributed by atoms with Crippen LogP contribution in [0.15, 0.2) is 30.3 Å². The van der Waals surface area contributed by atoms with Gasteiger partial charge in [0.2, 0.25) is 5.91 Å². The molecule has 0 radical (unpaired) electrons. The van der Waals surface area contributed by atoms with Crippen molar-refractivity contribution in [3.63, 3.8) is 0 Å². The fourth-order valence-electron chi connectivity index (χ4n) is 3.34. The number of nitrogens with one attached hydrogen (secondary N) is 2. The fourth-order valence-corrected chi connectivity index (χ4v) is 4.53. The summed E-state index contributed by atoms with van der Waals surface area (Å²) in [5.41, 5.74) is 1.33. The number of carbonyl (C=O) groups excluding carboxylic acids is 1. The average molecular weight is 365 g/mol. The third-order valence-electron chi connectivity index (χ3n) is 4.89. The van der Waals surface area contributed by atoms with Crippen LogP contribution in [-0.4, -0.2) is 44.5 Å². The lowest BCUT2D eigenvalue weighted by atomic mass is 9.79. The summed E-state index contributed by atoms with van der Waals surface area (Å²) in [4.78, 5) is 12.8. The molecular weight excluding hydrogens is 332 g/mol. The number of thioether (sulfide) groups is 1. The number of piperidine rings is 1. The maximum absolute atomic E-state index is 12.8. The highest BCUT2D eigenvalue weighted by atomic mass is 32.2. The summed E-state index contributed by atoms with van der Waals surface area (Å²) in [7, 11) is 1.75. The van der Waals surface area contributed by atoms with E-state index in [4.69, 9.17) is 4.74 Å². The van der Waals surface area contributed by atoms with Gasteiger partial charge in [-0.05, 0) is 37.4 Å². The van der Waals surface area contributed by atoms with Gasteiger partial charge in [-0.25, -0.2) is 0 Å². The van der Waals surface area contributed by atoms with E-state index in [1.165, 1.54) is 5.56 Å². The molecule has 1 aliphatic heterocycles. The number of hydrogen-bond donors (Lipinski definition) is 2. The van der Waals surface area contributed by atoms with E-state index < -0.39 is 0 Å². The van der Waals surface area contributed by atoms with Gasteiger partial charge in [-0.3, -0.25) is 4.79 Å². The van der Waals surface area contributed by atoms with E-state index in [9.17, 15) is 4.79 Å². The molecule has 1 fully saturated rings. The minimum Gasteiger partial charge on any atom is -0.384 e. The monoisotopic (exact) mass is 364 g/mol. The van der Waals surface area contributed by atoms with Crippen molar-refractivity contribution in [3.8, 4) is 0 Å². The van der Waals surface area contributed by atoms with Crippen molar-refractivity contribution >= 4 is 17.7 Å². The highest BCUT2D eigenvalue weighted by Gasteiger charge is 2.33. The quantitative estimate of drug-likeness (QED) is 0.707. The molecule has 1 aromatic carbocycles. The van der Waals surface area contributed by atoms with Crippen LogP contribution in [0.5, 0.6) is 0 Å². The van der Waals surface area contributed by atoms with Crippen LogP contribution in [0.25, 0.3) is 0 Å². The Hall–Kier alpha value is -1.04. The van der Waals surface area contributed by atoms with Gasteiger partial charge < -0.3 is 15.4 Å². The highest BCUT2D eigenvalue weighted by molar-refractivity contribution is 7.99. The maximum atomic E-state index is 12.8. The Bertz CT molecular complexity index is 510. The number of methoxy groups -OCH3 is 1. The normalized spacial score (nSPS) is 18.1. The number of ether oxygens (including phenoxy) is 1. The molecule has 4 nitrogen and oxygen atoms in total. The standard InChI is InChI=1S/C20H32N2O2S/c1-16(2)18(25-13-17-7-5-4-6-8-17)19(23)22-14-20(15-24-3)9-11-21-12-10-20/h4-8,16,18,21H,9-15H2,1-3H3,(H,22,23). The van der Waals surface area contributed by atoms with E-state index in [-0.39, 0.29) is 16.6 Å². The van der Waals surface area contributed by atoms with Crippen LogP contribution in [0.4, 0.5) is 0 Å². The van der Waals surface area contributed by atoms with E-state index in [0.717, 1.165) is 31.7 Å². The summed E-state index contributed by atoms with van der Waals surface area (Å²) in [6.45, 7) is 7.65. The van der Waals surface area contributed by atoms with E-state index in [2.05, 4.69) is 36.6 Å². The van der Waals surface area contributed by atoms with Crippen molar-refractivity contribution < 1.29 is 9.53 Å². The Labute approximate surface area is 156 Å². The van der Waals surface area contributed by atoms with Gasteiger partial charge in [-0.15, -0.1) is 11.8 Å². The first-order valence-corrected chi connectivity index (χ1v) is 10.2. The van der Waals surface area contributed by atoms with E-state index in [0.29, 0.717) is 19.1 Å². The summed E-state index contributed by atoms with van der Waals surface area (Å²) < 4.78 is 5.45. The zero-order chi connectivity index (χ0) is 18.1. The largest absolute Gasteiger partial charge is 0.384 e. The van der Waals surface area contributed by atoms with Crippen molar-refractivity contribution in [2.24, 2.45) is 11.3 Å². The molecule has 0 saturated carbocycles. The third-order valence-corrected chi connectivity index (χ3v) is 6.51. The molecule has 5 heteroatoms. The second-order valence-corrected chi connectivity index (χ2v) is 8.49. The molecule has 2 N–H and O–H groups in total. The second kappa shape index (κ2) is 10.2. The third kappa shape index (κ3) is 6.32. The van der Waals surface area contributed by atoms with Gasteiger partial charge in [0.05, 0.1) is 11.9 Å². The van der Waals surface area contributed by atoms with Gasteiger partial charge in [-0.1, -0.05) is 44.2 Å². The predicted octanol–water partition coefficient (Wildman–Crippen LogP) is 3.08. The smallest absolute Gasteiger partial charge is 0.233 e. The van der Waals surface area contributed by atoms with Crippen molar-refractivity contribution in [1.29, 1.82) is 0 Å². The molecule has 1 saturated heterocycles. The maximum Gasteiger partial charge on any atom is 0.233 e. The number of amides is 1. The van der Waals surface area contributed by atoms with Gasteiger partial charge in [0.25, 0.3) is 0 Å². The van der Waals surface area contributed by atoms with Gasteiger partial charge in [0.1, 0.15) is 0 Å². The molecule has 0 bridgehead atoms. The molecule has 140 valence electrons. The molecule has 0 spiro atoms.